The molecule has 6 nitrogen and oxygen atoms in total. The van der Waals surface area contributed by atoms with Crippen molar-refractivity contribution < 1.29 is 17.6 Å². The predicted molar refractivity (Wildman–Crippen MR) is 112 cm³/mol. The Kier molecular flexibility index (Phi) is 7.14. The van der Waals surface area contributed by atoms with Gasteiger partial charge in [-0.05, 0) is 55.5 Å². The molecule has 1 N–H and O–H groups in total. The summed E-state index contributed by atoms with van der Waals surface area (Å²) in [7, 11) is -3.50. The van der Waals surface area contributed by atoms with Crippen LogP contribution in [0.1, 0.15) is 43.0 Å². The summed E-state index contributed by atoms with van der Waals surface area (Å²) in [5, 5.41) is 2.86. The van der Waals surface area contributed by atoms with Gasteiger partial charge in [-0.1, -0.05) is 32.0 Å². The van der Waals surface area contributed by atoms with Gasteiger partial charge in [0.05, 0.1) is 4.90 Å². The molecule has 7 heteroatoms. The normalized spacial score (nSPS) is 20.5. The van der Waals surface area contributed by atoms with Gasteiger partial charge in [0.1, 0.15) is 11.5 Å². The Morgan fingerprint density at radius 2 is 1.79 bits per heavy atom. The first-order valence-corrected chi connectivity index (χ1v) is 11.9. The minimum absolute atomic E-state index is 0.142. The maximum atomic E-state index is 12.4. The summed E-state index contributed by atoms with van der Waals surface area (Å²) in [6, 6.07) is 11.3. The van der Waals surface area contributed by atoms with Gasteiger partial charge < -0.3 is 14.6 Å². The predicted octanol–water partition coefficient (Wildman–Crippen LogP) is 3.35. The summed E-state index contributed by atoms with van der Waals surface area (Å²) in [6.07, 6.45) is 2.16. The maximum absolute atomic E-state index is 12.4. The number of furan rings is 1. The van der Waals surface area contributed by atoms with E-state index in [0.29, 0.717) is 6.54 Å². The number of hydrogen-bond donors (Lipinski definition) is 1. The van der Waals surface area contributed by atoms with Gasteiger partial charge >= 0.3 is 0 Å². The van der Waals surface area contributed by atoms with Crippen molar-refractivity contribution in [2.24, 2.45) is 11.8 Å². The molecule has 2 aromatic rings. The molecule has 0 bridgehead atoms. The van der Waals surface area contributed by atoms with Crippen LogP contribution in [0.4, 0.5) is 0 Å². The maximum Gasteiger partial charge on any atom is 0.286 e. The second kappa shape index (κ2) is 9.59. The summed E-state index contributed by atoms with van der Waals surface area (Å²) < 4.78 is 30.3. The number of likely N-dealkylation sites (tertiary alicyclic amines) is 1. The fourth-order valence-corrected chi connectivity index (χ4v) is 5.31. The Bertz CT molecular complexity index is 898. The average Bonchev–Trinajstić information content (AvgIpc) is 3.13. The van der Waals surface area contributed by atoms with E-state index in [0.717, 1.165) is 37.9 Å². The number of rotatable bonds is 8. The highest BCUT2D eigenvalue weighted by Crippen LogP contribution is 2.21. The van der Waals surface area contributed by atoms with Crippen molar-refractivity contribution in [1.82, 2.24) is 10.2 Å². The van der Waals surface area contributed by atoms with Crippen LogP contribution in [0.2, 0.25) is 0 Å². The van der Waals surface area contributed by atoms with Crippen LogP contribution in [-0.4, -0.2) is 45.4 Å². The van der Waals surface area contributed by atoms with Gasteiger partial charge in [0.2, 0.25) is 0 Å². The monoisotopic (exact) mass is 418 g/mol. The van der Waals surface area contributed by atoms with Gasteiger partial charge in [-0.2, -0.15) is 0 Å². The second-order valence-electron chi connectivity index (χ2n) is 8.15. The fraction of sp³-hybridized carbons (Fsp3) is 0.500. The van der Waals surface area contributed by atoms with Crippen LogP contribution in [0.25, 0.3) is 0 Å². The summed E-state index contributed by atoms with van der Waals surface area (Å²) in [6.45, 7) is 8.35. The minimum Gasteiger partial charge on any atom is -0.455 e. The van der Waals surface area contributed by atoms with Gasteiger partial charge in [-0.25, -0.2) is 8.42 Å². The molecule has 2 unspecified atom stereocenters. The molecule has 0 aliphatic carbocycles. The molecular weight excluding hydrogens is 388 g/mol. The zero-order chi connectivity index (χ0) is 20.9. The van der Waals surface area contributed by atoms with Crippen LogP contribution in [-0.2, 0) is 15.6 Å². The van der Waals surface area contributed by atoms with Gasteiger partial charge in [-0.3, -0.25) is 4.79 Å². The van der Waals surface area contributed by atoms with E-state index in [1.807, 2.05) is 0 Å². The smallest absolute Gasteiger partial charge is 0.286 e. The average molecular weight is 419 g/mol. The molecule has 1 fully saturated rings. The molecule has 3 rings (SSSR count). The first-order valence-electron chi connectivity index (χ1n) is 10.2. The molecule has 1 saturated heterocycles. The number of piperidine rings is 1. The number of carbonyl (C=O) groups is 1. The third kappa shape index (κ3) is 6.18. The fourth-order valence-electron chi connectivity index (χ4n) is 4.04. The Labute approximate surface area is 173 Å². The number of nitrogens with one attached hydrogen (secondary N) is 1. The molecule has 0 radical (unpaired) electrons. The summed E-state index contributed by atoms with van der Waals surface area (Å²) in [4.78, 5) is 15.0. The van der Waals surface area contributed by atoms with E-state index < -0.39 is 9.84 Å². The minimum atomic E-state index is -3.50. The topological polar surface area (TPSA) is 79.6 Å². The van der Waals surface area contributed by atoms with E-state index in [4.69, 9.17) is 4.42 Å². The molecule has 1 aromatic carbocycles. The first kappa shape index (κ1) is 21.6. The van der Waals surface area contributed by atoms with Crippen molar-refractivity contribution in [2.45, 2.75) is 37.3 Å². The third-order valence-corrected chi connectivity index (χ3v) is 6.86. The standard InChI is InChI=1S/C22H30N2O4S/c1-17-13-18(2)15-24(14-17)12-6-11-23-22(25)21-10-9-19(28-21)16-29(26,27)20-7-4-3-5-8-20/h3-5,7-10,17-18H,6,11-16H2,1-2H3,(H,23,25). The van der Waals surface area contributed by atoms with Crippen LogP contribution < -0.4 is 5.32 Å². The van der Waals surface area contributed by atoms with Gasteiger partial charge in [0, 0.05) is 19.6 Å². The molecule has 2 heterocycles. The van der Waals surface area contributed by atoms with E-state index in [9.17, 15) is 13.2 Å². The van der Waals surface area contributed by atoms with Crippen LogP contribution in [0.5, 0.6) is 0 Å². The Hall–Kier alpha value is -2.12. The lowest BCUT2D eigenvalue weighted by Crippen LogP contribution is -2.40. The number of hydrogen-bond acceptors (Lipinski definition) is 5. The summed E-state index contributed by atoms with van der Waals surface area (Å²) in [5.41, 5.74) is 0. The van der Waals surface area contributed by atoms with E-state index in [2.05, 4.69) is 24.1 Å². The lowest BCUT2D eigenvalue weighted by atomic mass is 9.92. The van der Waals surface area contributed by atoms with Crippen molar-refractivity contribution in [3.63, 3.8) is 0 Å². The second-order valence-corrected chi connectivity index (χ2v) is 10.1. The Morgan fingerprint density at radius 1 is 1.10 bits per heavy atom. The number of amides is 1. The Morgan fingerprint density at radius 3 is 2.48 bits per heavy atom. The van der Waals surface area contributed by atoms with Gasteiger partial charge in [-0.15, -0.1) is 0 Å². The SMILES string of the molecule is CC1CC(C)CN(CCCNC(=O)c2ccc(CS(=O)(=O)c3ccccc3)o2)C1. The van der Waals surface area contributed by atoms with Crippen LogP contribution >= 0.6 is 0 Å². The first-order chi connectivity index (χ1) is 13.8. The quantitative estimate of drug-likeness (QED) is 0.665. The largest absolute Gasteiger partial charge is 0.455 e. The molecule has 29 heavy (non-hydrogen) atoms. The van der Waals surface area contributed by atoms with Crippen molar-refractivity contribution in [1.29, 1.82) is 0 Å². The number of sulfone groups is 1. The highest BCUT2D eigenvalue weighted by Gasteiger charge is 2.21. The molecular formula is C22H30N2O4S. The van der Waals surface area contributed by atoms with Crippen molar-refractivity contribution >= 4 is 15.7 Å². The zero-order valence-electron chi connectivity index (χ0n) is 17.1. The molecule has 1 aliphatic rings. The summed E-state index contributed by atoms with van der Waals surface area (Å²) in [5.74, 6) is 1.27. The third-order valence-electron chi connectivity index (χ3n) is 5.20. The molecule has 0 spiro atoms. The molecule has 2 atom stereocenters. The van der Waals surface area contributed by atoms with Crippen molar-refractivity contribution in [3.8, 4) is 0 Å². The molecule has 0 saturated carbocycles. The lowest BCUT2D eigenvalue weighted by molar-refractivity contribution is 0.0918. The van der Waals surface area contributed by atoms with Gasteiger partial charge in [0.25, 0.3) is 5.91 Å². The van der Waals surface area contributed by atoms with Crippen LogP contribution in [0, 0.1) is 11.8 Å². The highest BCUT2D eigenvalue weighted by molar-refractivity contribution is 7.90. The molecule has 158 valence electrons. The van der Waals surface area contributed by atoms with Gasteiger partial charge in [0.15, 0.2) is 15.6 Å². The highest BCUT2D eigenvalue weighted by atomic mass is 32.2. The van der Waals surface area contributed by atoms with E-state index in [1.54, 1.807) is 36.4 Å². The van der Waals surface area contributed by atoms with E-state index >= 15 is 0 Å². The van der Waals surface area contributed by atoms with Crippen LogP contribution in [0.3, 0.4) is 0 Å². The molecule has 1 aliphatic heterocycles. The number of nitrogens with zero attached hydrogens (tertiary/aromatic N) is 1. The number of carbonyl (C=O) groups excluding carboxylic acids is 1. The van der Waals surface area contributed by atoms with Crippen LogP contribution in [0.15, 0.2) is 51.8 Å². The van der Waals surface area contributed by atoms with E-state index in [-0.39, 0.29) is 28.1 Å². The lowest BCUT2D eigenvalue weighted by Gasteiger charge is -2.34. The Balaban J connectivity index is 1.46. The molecule has 1 aromatic heterocycles. The molecule has 1 amide bonds. The van der Waals surface area contributed by atoms with E-state index in [1.165, 1.54) is 12.5 Å². The number of benzene rings is 1. The van der Waals surface area contributed by atoms with Crippen molar-refractivity contribution in [3.05, 3.63) is 54.0 Å². The zero-order valence-corrected chi connectivity index (χ0v) is 18.0. The van der Waals surface area contributed by atoms with Crippen molar-refractivity contribution in [2.75, 3.05) is 26.2 Å². The summed E-state index contributed by atoms with van der Waals surface area (Å²) >= 11 is 0.